The van der Waals surface area contributed by atoms with E-state index in [1.54, 1.807) is 0 Å². The summed E-state index contributed by atoms with van der Waals surface area (Å²) in [6.07, 6.45) is 2.18. The highest BCUT2D eigenvalue weighted by atomic mass is 32.1. The second-order valence-corrected chi connectivity index (χ2v) is 24.8. The molecule has 92 heavy (non-hydrogen) atoms. The van der Waals surface area contributed by atoms with Crippen molar-refractivity contribution in [2.75, 3.05) is 131 Å². The molecule has 8 amide bonds. The number of carbonyl (C=O) groups excluding carboxylic acids is 8. The van der Waals surface area contributed by atoms with Crippen LogP contribution in [0.4, 0.5) is 4.48 Å². The molecule has 8 rings (SSSR count). The molecule has 4 aromatic rings. The van der Waals surface area contributed by atoms with Crippen molar-refractivity contribution in [2.24, 2.45) is 10.8 Å². The first kappa shape index (κ1) is 70.8. The number of nitrogens with one attached hydrogen (secondary N) is 10. The zero-order valence-corrected chi connectivity index (χ0v) is 53.4. The van der Waals surface area contributed by atoms with Crippen molar-refractivity contribution >= 4 is 64.6 Å². The molecule has 4 heterocycles. The molecule has 0 aromatic heterocycles. The number of phenolic OH excluding ortho intramolecular Hbond substituents is 4. The molecule has 0 spiro atoms. The lowest BCUT2D eigenvalue weighted by Gasteiger charge is -2.41. The minimum Gasteiger partial charge on any atom is -0.506 e. The third-order valence-corrected chi connectivity index (χ3v) is 17.3. The van der Waals surface area contributed by atoms with Gasteiger partial charge in [-0.3, -0.25) is 58.0 Å². The molecule has 0 fully saturated rings. The van der Waals surface area contributed by atoms with Gasteiger partial charge in [0.15, 0.2) is 5.11 Å². The summed E-state index contributed by atoms with van der Waals surface area (Å²) in [4.78, 5) is 120. The van der Waals surface area contributed by atoms with Gasteiger partial charge in [-0.15, -0.1) is 4.48 Å². The van der Waals surface area contributed by atoms with E-state index in [9.17, 15) is 63.3 Å². The largest absolute Gasteiger partial charge is 0.506 e. The Labute approximate surface area is 540 Å². The van der Waals surface area contributed by atoms with Crippen LogP contribution in [0.3, 0.4) is 0 Å². The Hall–Kier alpha value is -8.70. The second kappa shape index (κ2) is 33.6. The highest BCUT2D eigenvalue weighted by Crippen LogP contribution is 2.42. The molecule has 4 atom stereocenters. The van der Waals surface area contributed by atoms with Gasteiger partial charge in [0.1, 0.15) is 23.0 Å². The molecule has 26 nitrogen and oxygen atoms in total. The minimum absolute atomic E-state index is 0.00338. The van der Waals surface area contributed by atoms with Crippen LogP contribution in [-0.4, -0.2) is 229 Å². The number of hydrogen-bond donors (Lipinski definition) is 14. The van der Waals surface area contributed by atoms with Crippen LogP contribution in [0.1, 0.15) is 136 Å². The monoisotopic (exact) mass is 1290 g/mol. The van der Waals surface area contributed by atoms with Gasteiger partial charge >= 0.3 is 0 Å². The maximum Gasteiger partial charge on any atom is 0.255 e. The van der Waals surface area contributed by atoms with Crippen LogP contribution in [0.15, 0.2) is 72.8 Å². The van der Waals surface area contributed by atoms with Crippen LogP contribution in [0, 0.1) is 10.8 Å². The van der Waals surface area contributed by atoms with E-state index in [0.29, 0.717) is 32.2 Å². The summed E-state index contributed by atoms with van der Waals surface area (Å²) in [6.45, 7) is 10.6. The topological polar surface area (TPSA) is 351 Å². The summed E-state index contributed by atoms with van der Waals surface area (Å²) < 4.78 is 13.1. The molecule has 0 saturated carbocycles. The third kappa shape index (κ3) is 19.9. The first-order valence-electron chi connectivity index (χ1n) is 31.1. The molecule has 28 heteroatoms. The summed E-state index contributed by atoms with van der Waals surface area (Å²) >= 11 is 4.99. The number of benzene rings is 4. The number of fused-ring (bicyclic) bond motifs is 16. The first-order chi connectivity index (χ1) is 44.0. The molecule has 12 bridgehead atoms. The average Bonchev–Trinajstić information content (AvgIpc) is 0.890. The van der Waals surface area contributed by atoms with Crippen molar-refractivity contribution in [2.45, 2.75) is 59.4 Å². The lowest BCUT2D eigenvalue weighted by Crippen LogP contribution is -2.50. The third-order valence-electron chi connectivity index (χ3n) is 17.0. The number of nitrogens with zero attached hydrogens (tertiary/aromatic N) is 4. The number of amides is 8. The highest BCUT2D eigenvalue weighted by molar-refractivity contribution is 7.80. The lowest BCUT2D eigenvalue weighted by molar-refractivity contribution is 0.0844. The normalized spacial score (nSPS) is 21.8. The SMILES string of the molecule is CCC(C)(CC1CN2CCNC(=O)c3cccc(c3O)C(=O)NCCN(CCNC(=O)c3cccc(c3O)C(=O)N1)CCN1CCNC(=O)c3cccc(c3O)C(=O)NCCN(CCNC(=O)c3cccc(c3O)C(=O)NCC1)CC2)CC(C)(C)CCNC(=S)NF. The van der Waals surface area contributed by atoms with Gasteiger partial charge in [-0.25, -0.2) is 0 Å². The standard InChI is InChI=1S/C64H87FN14O12S/c1-5-64(4,40-63(2,3)18-19-73-62(92)75-65)38-41-39-79-33-26-72-59(89)47-15-8-14-46(52(47)82)56(86)68-22-29-77(30-23-71-60(90)48-16-9-17-49(53(48)83)61(91)74-41)35-34-76-27-20-66-54(84)42-10-6-12-44(50(42)80)57(87)69-24-31-78(36-37-79)32-25-70-58(88)45-13-7-11-43(51(45)81)55(85)67-21-28-76/h6-17,41,80-83H,5,18-40H2,1-4H3,(H,66,84)(H,67,85)(H,68,86)(H,69,87)(H,70,88)(H,71,90)(H,72,89)(H,74,91)(H2,73,75,92). The number of rotatable bonds is 8. The summed E-state index contributed by atoms with van der Waals surface area (Å²) in [5.74, 6) is -7.56. The van der Waals surface area contributed by atoms with Crippen LogP contribution in [0.2, 0.25) is 0 Å². The number of para-hydroxylation sites is 4. The number of phenols is 4. The molecule has 0 saturated heterocycles. The fourth-order valence-electron chi connectivity index (χ4n) is 11.9. The van der Waals surface area contributed by atoms with Gasteiger partial charge in [-0.1, -0.05) is 58.4 Å². The average molecular weight is 1300 g/mol. The van der Waals surface area contributed by atoms with Crippen molar-refractivity contribution in [3.63, 3.8) is 0 Å². The van der Waals surface area contributed by atoms with Crippen molar-refractivity contribution in [3.8, 4) is 23.0 Å². The maximum absolute atomic E-state index is 14.9. The fourth-order valence-corrected chi connectivity index (χ4v) is 12.0. The zero-order chi connectivity index (χ0) is 66.5. The molecular formula is C64H87FN14O12S. The summed E-state index contributed by atoms with van der Waals surface area (Å²) in [5, 5.41) is 72.2. The van der Waals surface area contributed by atoms with Gasteiger partial charge in [0.25, 0.3) is 47.3 Å². The molecule has 498 valence electrons. The van der Waals surface area contributed by atoms with E-state index in [-0.39, 0.29) is 179 Å². The van der Waals surface area contributed by atoms with E-state index in [2.05, 4.69) is 68.6 Å². The molecule has 14 N–H and O–H groups in total. The van der Waals surface area contributed by atoms with E-state index in [4.69, 9.17) is 12.2 Å². The number of halogens is 1. The number of hydrogen-bond acceptors (Lipinski definition) is 17. The molecule has 4 aliphatic rings. The predicted molar refractivity (Wildman–Crippen MR) is 347 cm³/mol. The van der Waals surface area contributed by atoms with Crippen molar-refractivity contribution in [3.05, 3.63) is 117 Å². The number of aromatic hydroxyl groups is 4. The number of thiocarbonyl (C=S) groups is 1. The van der Waals surface area contributed by atoms with Crippen LogP contribution >= 0.6 is 12.2 Å². The Morgan fingerprint density at radius 1 is 0.467 bits per heavy atom. The van der Waals surface area contributed by atoms with Crippen LogP contribution in [0.5, 0.6) is 23.0 Å². The van der Waals surface area contributed by atoms with E-state index in [1.165, 1.54) is 78.3 Å². The van der Waals surface area contributed by atoms with Crippen molar-refractivity contribution < 1.29 is 63.3 Å². The Kier molecular flexibility index (Phi) is 25.8. The zero-order valence-electron chi connectivity index (χ0n) is 52.6. The Morgan fingerprint density at radius 2 is 0.739 bits per heavy atom. The van der Waals surface area contributed by atoms with E-state index < -0.39 is 81.7 Å². The highest BCUT2D eigenvalue weighted by Gasteiger charge is 2.36. The van der Waals surface area contributed by atoms with Gasteiger partial charge in [-0.2, -0.15) is 5.54 Å². The summed E-state index contributed by atoms with van der Waals surface area (Å²) in [6, 6.07) is 16.4. The molecule has 4 aromatic carbocycles. The molecule has 4 aliphatic heterocycles. The molecular weight excluding hydrogens is 1210 g/mol. The predicted octanol–water partition coefficient (Wildman–Crippen LogP) is 2.03. The van der Waals surface area contributed by atoms with Gasteiger partial charge in [-0.05, 0) is 90.8 Å². The van der Waals surface area contributed by atoms with Gasteiger partial charge in [0, 0.05) is 137 Å². The molecule has 0 aliphatic carbocycles. The quantitative estimate of drug-likeness (QED) is 0.0886. The van der Waals surface area contributed by atoms with Crippen LogP contribution < -0.4 is 53.4 Å². The Morgan fingerprint density at radius 3 is 1.02 bits per heavy atom. The Balaban J connectivity index is 1.35. The first-order valence-corrected chi connectivity index (χ1v) is 31.5. The van der Waals surface area contributed by atoms with Crippen molar-refractivity contribution in [1.29, 1.82) is 0 Å². The van der Waals surface area contributed by atoms with Gasteiger partial charge < -0.3 is 68.3 Å². The van der Waals surface area contributed by atoms with Crippen LogP contribution in [-0.2, 0) is 0 Å². The number of carbonyl (C=O) groups is 8. The molecule has 0 radical (unpaired) electrons. The van der Waals surface area contributed by atoms with E-state index in [1.807, 2.05) is 26.5 Å². The van der Waals surface area contributed by atoms with E-state index in [0.717, 1.165) is 0 Å². The van der Waals surface area contributed by atoms with Gasteiger partial charge in [0.2, 0.25) is 0 Å². The van der Waals surface area contributed by atoms with Crippen molar-refractivity contribution in [1.82, 2.24) is 73.0 Å². The Bertz CT molecular complexity index is 3230. The van der Waals surface area contributed by atoms with Crippen LogP contribution in [0.25, 0.3) is 0 Å². The summed E-state index contributed by atoms with van der Waals surface area (Å²) in [7, 11) is 0. The van der Waals surface area contributed by atoms with Gasteiger partial charge in [0.05, 0.1) is 44.5 Å². The lowest BCUT2D eigenvalue weighted by atomic mass is 9.68. The smallest absolute Gasteiger partial charge is 0.255 e. The van der Waals surface area contributed by atoms with E-state index >= 15 is 0 Å². The second-order valence-electron chi connectivity index (χ2n) is 24.4. The maximum atomic E-state index is 14.9. The minimum atomic E-state index is -0.715. The summed E-state index contributed by atoms with van der Waals surface area (Å²) in [5.41, 5.74) is -0.686. The fraction of sp³-hybridized carbons (Fsp3) is 0.484. The molecule has 4 unspecified atom stereocenters.